The fourth-order valence-corrected chi connectivity index (χ4v) is 4.07. The molecule has 7 heteroatoms. The summed E-state index contributed by atoms with van der Waals surface area (Å²) in [4.78, 5) is 14.1. The Morgan fingerprint density at radius 3 is 2.30 bits per heavy atom. The summed E-state index contributed by atoms with van der Waals surface area (Å²) in [7, 11) is -3.52. The van der Waals surface area contributed by atoms with Crippen molar-refractivity contribution in [1.29, 1.82) is 0 Å². The van der Waals surface area contributed by atoms with Crippen LogP contribution in [0.15, 0.2) is 41.3 Å². The predicted molar refractivity (Wildman–Crippen MR) is 93.5 cm³/mol. The molecule has 0 aliphatic heterocycles. The van der Waals surface area contributed by atoms with Crippen LogP contribution in [-0.4, -0.2) is 20.4 Å². The Kier molecular flexibility index (Phi) is 5.56. The SMILES string of the molecule is CCc1ccc(C(=O)Nc2ccc(S(=O)(=O)NC(C)C)cc2)s1. The zero-order valence-corrected chi connectivity index (χ0v) is 14.9. The molecule has 2 N–H and O–H groups in total. The van der Waals surface area contributed by atoms with Gasteiger partial charge in [-0.15, -0.1) is 11.3 Å². The normalized spacial score (nSPS) is 11.7. The van der Waals surface area contributed by atoms with Gasteiger partial charge in [0.15, 0.2) is 0 Å². The van der Waals surface area contributed by atoms with Gasteiger partial charge in [-0.2, -0.15) is 0 Å². The molecule has 0 saturated carbocycles. The van der Waals surface area contributed by atoms with Crippen LogP contribution >= 0.6 is 11.3 Å². The third kappa shape index (κ3) is 4.63. The van der Waals surface area contributed by atoms with Crippen LogP contribution in [0.2, 0.25) is 0 Å². The number of carbonyl (C=O) groups is 1. The molecule has 1 aromatic carbocycles. The van der Waals surface area contributed by atoms with Crippen LogP contribution in [0.25, 0.3) is 0 Å². The fraction of sp³-hybridized carbons (Fsp3) is 0.312. The van der Waals surface area contributed by atoms with E-state index in [1.165, 1.54) is 23.5 Å². The van der Waals surface area contributed by atoms with Crippen molar-refractivity contribution in [2.75, 3.05) is 5.32 Å². The van der Waals surface area contributed by atoms with Crippen molar-refractivity contribution in [3.05, 3.63) is 46.2 Å². The quantitative estimate of drug-likeness (QED) is 0.838. The fourth-order valence-electron chi connectivity index (χ4n) is 1.98. The first-order chi connectivity index (χ1) is 10.8. The van der Waals surface area contributed by atoms with E-state index in [4.69, 9.17) is 0 Å². The van der Waals surface area contributed by atoms with E-state index >= 15 is 0 Å². The Labute approximate surface area is 140 Å². The molecule has 0 atom stereocenters. The van der Waals surface area contributed by atoms with Crippen LogP contribution in [-0.2, 0) is 16.4 Å². The molecule has 0 aliphatic carbocycles. The summed E-state index contributed by atoms with van der Waals surface area (Å²) in [5.41, 5.74) is 0.560. The number of carbonyl (C=O) groups excluding carboxylic acids is 1. The van der Waals surface area contributed by atoms with Gasteiger partial charge in [-0.1, -0.05) is 6.92 Å². The first-order valence-electron chi connectivity index (χ1n) is 7.34. The van der Waals surface area contributed by atoms with Crippen LogP contribution in [0, 0.1) is 0 Å². The molecule has 2 aromatic rings. The first-order valence-corrected chi connectivity index (χ1v) is 9.64. The van der Waals surface area contributed by atoms with Crippen LogP contribution in [0.1, 0.15) is 35.3 Å². The van der Waals surface area contributed by atoms with Crippen molar-refractivity contribution >= 4 is 33.0 Å². The van der Waals surface area contributed by atoms with E-state index in [1.54, 1.807) is 32.0 Å². The number of nitrogens with one attached hydrogen (secondary N) is 2. The third-order valence-corrected chi connectivity index (χ3v) is 5.95. The molecule has 1 heterocycles. The molecule has 124 valence electrons. The summed E-state index contributed by atoms with van der Waals surface area (Å²) in [5, 5.41) is 2.77. The molecule has 5 nitrogen and oxygen atoms in total. The van der Waals surface area contributed by atoms with Crippen molar-refractivity contribution < 1.29 is 13.2 Å². The van der Waals surface area contributed by atoms with Crippen LogP contribution in [0.3, 0.4) is 0 Å². The average molecular weight is 352 g/mol. The summed E-state index contributed by atoms with van der Waals surface area (Å²) in [5.74, 6) is -0.189. The summed E-state index contributed by atoms with van der Waals surface area (Å²) in [6, 6.07) is 9.68. The summed E-state index contributed by atoms with van der Waals surface area (Å²) >= 11 is 1.46. The van der Waals surface area contributed by atoms with E-state index in [0.29, 0.717) is 10.6 Å². The third-order valence-electron chi connectivity index (χ3n) is 3.05. The average Bonchev–Trinajstić information content (AvgIpc) is 2.95. The maximum atomic E-state index is 12.1. The zero-order chi connectivity index (χ0) is 17.0. The topological polar surface area (TPSA) is 75.3 Å². The zero-order valence-electron chi connectivity index (χ0n) is 13.3. The number of sulfonamides is 1. The van der Waals surface area contributed by atoms with E-state index in [9.17, 15) is 13.2 Å². The lowest BCUT2D eigenvalue weighted by molar-refractivity contribution is 0.103. The molecule has 1 aromatic heterocycles. The van der Waals surface area contributed by atoms with E-state index in [-0.39, 0.29) is 16.8 Å². The molecule has 2 rings (SSSR count). The summed E-state index contributed by atoms with van der Waals surface area (Å²) in [6.07, 6.45) is 0.896. The number of thiophene rings is 1. The van der Waals surface area contributed by atoms with Gasteiger partial charge >= 0.3 is 0 Å². The van der Waals surface area contributed by atoms with E-state index < -0.39 is 10.0 Å². The number of rotatable bonds is 6. The number of amides is 1. The highest BCUT2D eigenvalue weighted by atomic mass is 32.2. The lowest BCUT2D eigenvalue weighted by atomic mass is 10.3. The van der Waals surface area contributed by atoms with Gasteiger partial charge < -0.3 is 5.32 Å². The molecule has 0 unspecified atom stereocenters. The second-order valence-corrected chi connectivity index (χ2v) is 8.26. The minimum atomic E-state index is -3.52. The van der Waals surface area contributed by atoms with Gasteiger partial charge in [0.25, 0.3) is 5.91 Å². The highest BCUT2D eigenvalue weighted by Crippen LogP contribution is 2.20. The molecule has 0 radical (unpaired) electrons. The maximum Gasteiger partial charge on any atom is 0.265 e. The summed E-state index contributed by atoms with van der Waals surface area (Å²) in [6.45, 7) is 5.56. The first kappa shape index (κ1) is 17.7. The number of hydrogen-bond donors (Lipinski definition) is 2. The van der Waals surface area contributed by atoms with E-state index in [2.05, 4.69) is 10.0 Å². The van der Waals surface area contributed by atoms with Crippen molar-refractivity contribution in [2.24, 2.45) is 0 Å². The van der Waals surface area contributed by atoms with Crippen molar-refractivity contribution in [1.82, 2.24) is 4.72 Å². The molecule has 0 spiro atoms. The Morgan fingerprint density at radius 2 is 1.78 bits per heavy atom. The smallest absolute Gasteiger partial charge is 0.265 e. The van der Waals surface area contributed by atoms with Gasteiger partial charge in [-0.25, -0.2) is 13.1 Å². The van der Waals surface area contributed by atoms with Gasteiger partial charge in [-0.3, -0.25) is 4.79 Å². The molecule has 0 bridgehead atoms. The Hall–Kier alpha value is -1.70. The van der Waals surface area contributed by atoms with Gasteiger partial charge in [0.1, 0.15) is 0 Å². The maximum absolute atomic E-state index is 12.1. The number of benzene rings is 1. The molecular formula is C16H20N2O3S2. The highest BCUT2D eigenvalue weighted by Gasteiger charge is 2.15. The van der Waals surface area contributed by atoms with E-state index in [0.717, 1.165) is 11.3 Å². The lowest BCUT2D eigenvalue weighted by Gasteiger charge is -2.10. The van der Waals surface area contributed by atoms with Crippen molar-refractivity contribution in [3.8, 4) is 0 Å². The van der Waals surface area contributed by atoms with Gasteiger partial charge in [0.05, 0.1) is 9.77 Å². The Bertz CT molecular complexity index is 778. The Balaban J connectivity index is 2.09. The van der Waals surface area contributed by atoms with Crippen molar-refractivity contribution in [3.63, 3.8) is 0 Å². The molecule has 0 fully saturated rings. The monoisotopic (exact) mass is 352 g/mol. The number of aryl methyl sites for hydroxylation is 1. The molecule has 1 amide bonds. The van der Waals surface area contributed by atoms with Crippen LogP contribution < -0.4 is 10.0 Å². The highest BCUT2D eigenvalue weighted by molar-refractivity contribution is 7.89. The van der Waals surface area contributed by atoms with Gasteiger partial charge in [-0.05, 0) is 56.7 Å². The van der Waals surface area contributed by atoms with Gasteiger partial charge in [0.2, 0.25) is 10.0 Å². The van der Waals surface area contributed by atoms with Crippen LogP contribution in [0.5, 0.6) is 0 Å². The molecule has 0 saturated heterocycles. The number of anilines is 1. The second kappa shape index (κ2) is 7.25. The minimum Gasteiger partial charge on any atom is -0.321 e. The van der Waals surface area contributed by atoms with Crippen LogP contribution in [0.4, 0.5) is 5.69 Å². The Morgan fingerprint density at radius 1 is 1.13 bits per heavy atom. The predicted octanol–water partition coefficient (Wildman–Crippen LogP) is 3.25. The van der Waals surface area contributed by atoms with E-state index in [1.807, 2.05) is 13.0 Å². The lowest BCUT2D eigenvalue weighted by Crippen LogP contribution is -2.30. The molecule has 23 heavy (non-hydrogen) atoms. The number of hydrogen-bond acceptors (Lipinski definition) is 4. The second-order valence-electron chi connectivity index (χ2n) is 5.37. The largest absolute Gasteiger partial charge is 0.321 e. The molecule has 0 aliphatic rings. The van der Waals surface area contributed by atoms with Crippen molar-refractivity contribution in [2.45, 2.75) is 38.1 Å². The molecular weight excluding hydrogens is 332 g/mol. The summed E-state index contributed by atoms with van der Waals surface area (Å²) < 4.78 is 26.6. The van der Waals surface area contributed by atoms with Gasteiger partial charge in [0, 0.05) is 16.6 Å². The minimum absolute atomic E-state index is 0.175. The standard InChI is InChI=1S/C16H20N2O3S2/c1-4-13-7-10-15(22-13)16(19)17-12-5-8-14(9-6-12)23(20,21)18-11(2)3/h5-11,18H,4H2,1-3H3,(H,17,19).